The number of esters is 1. The highest BCUT2D eigenvalue weighted by Crippen LogP contribution is 2.29. The standard InChI is InChI=1S/C18H14F5NO3/c1-27-17(26)15(6-10-3-2-4-12(5-10)18(21,22)23)24-16(25)11-7-13(19)9-14(20)8-11/h2-5,7-9,15H,6H2,1H3,(H,24,25)/t15-/m0/s1. The van der Waals surface area contributed by atoms with E-state index in [0.29, 0.717) is 6.07 Å². The number of hydrogen-bond donors (Lipinski definition) is 1. The van der Waals surface area contributed by atoms with Crippen molar-refractivity contribution in [1.82, 2.24) is 5.32 Å². The molecule has 1 atom stereocenters. The maximum absolute atomic E-state index is 13.2. The van der Waals surface area contributed by atoms with Crippen LogP contribution in [0.1, 0.15) is 21.5 Å². The Balaban J connectivity index is 2.23. The fourth-order valence-corrected chi connectivity index (χ4v) is 2.37. The second kappa shape index (κ2) is 8.15. The van der Waals surface area contributed by atoms with Gasteiger partial charge in [0.2, 0.25) is 0 Å². The summed E-state index contributed by atoms with van der Waals surface area (Å²) in [6, 6.07) is 4.95. The quantitative estimate of drug-likeness (QED) is 0.631. The van der Waals surface area contributed by atoms with Gasteiger partial charge in [0.05, 0.1) is 12.7 Å². The van der Waals surface area contributed by atoms with Gasteiger partial charge >= 0.3 is 12.1 Å². The second-order valence-electron chi connectivity index (χ2n) is 5.61. The predicted octanol–water partition coefficient (Wildman–Crippen LogP) is 3.50. The number of nitrogens with one attached hydrogen (secondary N) is 1. The molecule has 0 aliphatic carbocycles. The van der Waals surface area contributed by atoms with Gasteiger partial charge in [0.25, 0.3) is 5.91 Å². The molecule has 2 aromatic rings. The summed E-state index contributed by atoms with van der Waals surface area (Å²) in [5.41, 5.74) is -1.18. The Hall–Kier alpha value is -2.97. The maximum atomic E-state index is 13.2. The first-order chi connectivity index (χ1) is 12.6. The fraction of sp³-hybridized carbons (Fsp3) is 0.222. The zero-order chi connectivity index (χ0) is 20.2. The van der Waals surface area contributed by atoms with Crippen LogP contribution in [0.2, 0.25) is 0 Å². The highest BCUT2D eigenvalue weighted by atomic mass is 19.4. The van der Waals surface area contributed by atoms with Gasteiger partial charge in [-0.05, 0) is 23.8 Å². The lowest BCUT2D eigenvalue weighted by Gasteiger charge is -2.17. The third-order valence-corrected chi connectivity index (χ3v) is 3.61. The van der Waals surface area contributed by atoms with Crippen molar-refractivity contribution in [3.8, 4) is 0 Å². The van der Waals surface area contributed by atoms with Crippen LogP contribution in [0, 0.1) is 11.6 Å². The highest BCUT2D eigenvalue weighted by molar-refractivity contribution is 5.96. The fourth-order valence-electron chi connectivity index (χ4n) is 2.37. The predicted molar refractivity (Wildman–Crippen MR) is 84.8 cm³/mol. The minimum Gasteiger partial charge on any atom is -0.467 e. The molecule has 0 saturated carbocycles. The van der Waals surface area contributed by atoms with Gasteiger partial charge in [0.1, 0.15) is 17.7 Å². The number of benzene rings is 2. The van der Waals surface area contributed by atoms with E-state index in [1.165, 1.54) is 6.07 Å². The number of carbonyl (C=O) groups excluding carboxylic acids is 2. The third kappa shape index (κ3) is 5.50. The monoisotopic (exact) mass is 387 g/mol. The summed E-state index contributed by atoms with van der Waals surface area (Å²) in [7, 11) is 1.04. The van der Waals surface area contributed by atoms with Gasteiger partial charge in [-0.3, -0.25) is 4.79 Å². The largest absolute Gasteiger partial charge is 0.467 e. The van der Waals surface area contributed by atoms with Crippen molar-refractivity contribution in [3.63, 3.8) is 0 Å². The molecule has 0 aliphatic heterocycles. The molecule has 1 N–H and O–H groups in total. The number of methoxy groups -OCH3 is 1. The minimum atomic E-state index is -4.57. The van der Waals surface area contributed by atoms with Gasteiger partial charge in [-0.15, -0.1) is 0 Å². The van der Waals surface area contributed by atoms with Crippen LogP contribution in [0.3, 0.4) is 0 Å². The summed E-state index contributed by atoms with van der Waals surface area (Å²) in [6.45, 7) is 0. The molecule has 0 bridgehead atoms. The van der Waals surface area contributed by atoms with Crippen LogP contribution in [0.15, 0.2) is 42.5 Å². The molecule has 0 aliphatic rings. The summed E-state index contributed by atoms with van der Waals surface area (Å²) in [5.74, 6) is -3.88. The number of rotatable bonds is 5. The molecule has 0 spiro atoms. The lowest BCUT2D eigenvalue weighted by molar-refractivity contribution is -0.142. The summed E-state index contributed by atoms with van der Waals surface area (Å²) in [5, 5.41) is 2.22. The molecule has 0 heterocycles. The molecule has 2 aromatic carbocycles. The Labute approximate surface area is 150 Å². The minimum absolute atomic E-state index is 0.117. The molecule has 2 rings (SSSR count). The maximum Gasteiger partial charge on any atom is 0.416 e. The van der Waals surface area contributed by atoms with E-state index in [9.17, 15) is 31.5 Å². The van der Waals surface area contributed by atoms with Crippen LogP contribution in [0.4, 0.5) is 22.0 Å². The number of alkyl halides is 3. The van der Waals surface area contributed by atoms with Crippen LogP contribution >= 0.6 is 0 Å². The van der Waals surface area contributed by atoms with Gasteiger partial charge in [-0.1, -0.05) is 18.2 Å². The van der Waals surface area contributed by atoms with Crippen LogP contribution in [-0.2, 0) is 22.1 Å². The van der Waals surface area contributed by atoms with E-state index >= 15 is 0 Å². The van der Waals surface area contributed by atoms with Crippen molar-refractivity contribution >= 4 is 11.9 Å². The lowest BCUT2D eigenvalue weighted by atomic mass is 10.0. The van der Waals surface area contributed by atoms with Gasteiger partial charge in [-0.2, -0.15) is 13.2 Å². The van der Waals surface area contributed by atoms with Gasteiger partial charge in [-0.25, -0.2) is 13.6 Å². The molecule has 4 nitrogen and oxygen atoms in total. The van der Waals surface area contributed by atoms with Crippen molar-refractivity contribution in [2.45, 2.75) is 18.6 Å². The van der Waals surface area contributed by atoms with Crippen molar-refractivity contribution in [3.05, 3.63) is 70.8 Å². The van der Waals surface area contributed by atoms with Crippen LogP contribution in [0.25, 0.3) is 0 Å². The normalized spacial score (nSPS) is 12.4. The first-order valence-corrected chi connectivity index (χ1v) is 7.61. The number of amides is 1. The van der Waals surface area contributed by atoms with E-state index < -0.39 is 41.3 Å². The van der Waals surface area contributed by atoms with E-state index in [-0.39, 0.29) is 17.5 Å². The molecular formula is C18H14F5NO3. The Bertz CT molecular complexity index is 831. The third-order valence-electron chi connectivity index (χ3n) is 3.61. The molecule has 9 heteroatoms. The Morgan fingerprint density at radius 2 is 1.70 bits per heavy atom. The molecule has 0 radical (unpaired) electrons. The van der Waals surface area contributed by atoms with Crippen molar-refractivity contribution < 1.29 is 36.3 Å². The van der Waals surface area contributed by atoms with Gasteiger partial charge in [0.15, 0.2) is 0 Å². The van der Waals surface area contributed by atoms with Crippen LogP contribution < -0.4 is 5.32 Å². The summed E-state index contributed by atoms with van der Waals surface area (Å²) < 4.78 is 69.4. The zero-order valence-electron chi connectivity index (χ0n) is 13.9. The SMILES string of the molecule is COC(=O)[C@H](Cc1cccc(C(F)(F)F)c1)NC(=O)c1cc(F)cc(F)c1. The van der Waals surface area contributed by atoms with Crippen LogP contribution in [-0.4, -0.2) is 25.0 Å². The van der Waals surface area contributed by atoms with Crippen molar-refractivity contribution in [2.24, 2.45) is 0 Å². The zero-order valence-corrected chi connectivity index (χ0v) is 13.9. The van der Waals surface area contributed by atoms with Gasteiger partial charge in [0, 0.05) is 18.1 Å². The molecule has 144 valence electrons. The Kier molecular flexibility index (Phi) is 6.14. The van der Waals surface area contributed by atoms with E-state index in [1.54, 1.807) is 0 Å². The Morgan fingerprint density at radius 3 is 2.26 bits per heavy atom. The first-order valence-electron chi connectivity index (χ1n) is 7.61. The van der Waals surface area contributed by atoms with Crippen molar-refractivity contribution in [1.29, 1.82) is 0 Å². The highest BCUT2D eigenvalue weighted by Gasteiger charge is 2.31. The lowest BCUT2D eigenvalue weighted by Crippen LogP contribution is -2.43. The number of hydrogen-bond acceptors (Lipinski definition) is 3. The second-order valence-corrected chi connectivity index (χ2v) is 5.61. The molecule has 0 unspecified atom stereocenters. The molecular weight excluding hydrogens is 373 g/mol. The average Bonchev–Trinajstić information content (AvgIpc) is 2.59. The van der Waals surface area contributed by atoms with Gasteiger partial charge < -0.3 is 10.1 Å². The molecule has 1 amide bonds. The molecule has 0 saturated heterocycles. The topological polar surface area (TPSA) is 55.4 Å². The summed E-state index contributed by atoms with van der Waals surface area (Å²) in [6.07, 6.45) is -4.88. The Morgan fingerprint density at radius 1 is 1.07 bits per heavy atom. The van der Waals surface area contributed by atoms with E-state index in [2.05, 4.69) is 10.1 Å². The van der Waals surface area contributed by atoms with E-state index in [4.69, 9.17) is 0 Å². The number of ether oxygens (including phenoxy) is 1. The van der Waals surface area contributed by atoms with Crippen molar-refractivity contribution in [2.75, 3.05) is 7.11 Å². The number of halogens is 5. The molecule has 0 aromatic heterocycles. The summed E-state index contributed by atoms with van der Waals surface area (Å²) >= 11 is 0. The van der Waals surface area contributed by atoms with E-state index in [1.807, 2.05) is 0 Å². The summed E-state index contributed by atoms with van der Waals surface area (Å²) in [4.78, 5) is 24.1. The molecule has 0 fully saturated rings. The molecule has 27 heavy (non-hydrogen) atoms. The smallest absolute Gasteiger partial charge is 0.416 e. The first kappa shape index (κ1) is 20.3. The number of carbonyl (C=O) groups is 2. The van der Waals surface area contributed by atoms with E-state index in [0.717, 1.165) is 37.4 Å². The van der Waals surface area contributed by atoms with Crippen LogP contribution in [0.5, 0.6) is 0 Å². The average molecular weight is 387 g/mol.